The SMILES string of the molecule is CCCNC(CCC1CCOC2(CCSC2)C1)C(C)C. The maximum atomic E-state index is 6.14. The molecule has 2 aliphatic heterocycles. The van der Waals surface area contributed by atoms with Crippen molar-refractivity contribution in [1.82, 2.24) is 5.32 Å². The van der Waals surface area contributed by atoms with E-state index in [4.69, 9.17) is 4.74 Å². The molecule has 1 N–H and O–H groups in total. The molecular weight excluding hydrogens is 266 g/mol. The van der Waals surface area contributed by atoms with Gasteiger partial charge in [0, 0.05) is 18.4 Å². The maximum absolute atomic E-state index is 6.14. The quantitative estimate of drug-likeness (QED) is 0.765. The fraction of sp³-hybridized carbons (Fsp3) is 1.00. The average Bonchev–Trinajstić information content (AvgIpc) is 2.86. The summed E-state index contributed by atoms with van der Waals surface area (Å²) < 4.78 is 6.14. The monoisotopic (exact) mass is 299 g/mol. The van der Waals surface area contributed by atoms with Crippen molar-refractivity contribution in [1.29, 1.82) is 0 Å². The van der Waals surface area contributed by atoms with Crippen LogP contribution < -0.4 is 5.32 Å². The second-order valence-corrected chi connectivity index (χ2v) is 8.18. The van der Waals surface area contributed by atoms with Crippen LogP contribution in [-0.4, -0.2) is 36.3 Å². The van der Waals surface area contributed by atoms with Crippen LogP contribution >= 0.6 is 11.8 Å². The molecular formula is C17H33NOS. The van der Waals surface area contributed by atoms with Crippen molar-refractivity contribution in [3.63, 3.8) is 0 Å². The third-order valence-electron chi connectivity index (χ3n) is 5.01. The zero-order valence-corrected chi connectivity index (χ0v) is 14.4. The summed E-state index contributed by atoms with van der Waals surface area (Å²) in [4.78, 5) is 0. The Balaban J connectivity index is 1.77. The van der Waals surface area contributed by atoms with Crippen molar-refractivity contribution in [2.75, 3.05) is 24.7 Å². The summed E-state index contributed by atoms with van der Waals surface area (Å²) in [5.41, 5.74) is 0.262. The maximum Gasteiger partial charge on any atom is 0.0783 e. The highest BCUT2D eigenvalue weighted by Gasteiger charge is 2.40. The van der Waals surface area contributed by atoms with Gasteiger partial charge in [-0.2, -0.15) is 11.8 Å². The van der Waals surface area contributed by atoms with E-state index in [1.54, 1.807) is 0 Å². The highest BCUT2D eigenvalue weighted by molar-refractivity contribution is 7.99. The van der Waals surface area contributed by atoms with E-state index in [0.29, 0.717) is 6.04 Å². The van der Waals surface area contributed by atoms with Crippen LogP contribution in [0.15, 0.2) is 0 Å². The van der Waals surface area contributed by atoms with Gasteiger partial charge in [0.05, 0.1) is 5.60 Å². The molecule has 2 fully saturated rings. The molecule has 0 aromatic rings. The minimum absolute atomic E-state index is 0.262. The Kier molecular flexibility index (Phi) is 6.70. The molecule has 2 rings (SSSR count). The van der Waals surface area contributed by atoms with Crippen LogP contribution in [0, 0.1) is 11.8 Å². The molecule has 20 heavy (non-hydrogen) atoms. The van der Waals surface area contributed by atoms with Gasteiger partial charge in [-0.25, -0.2) is 0 Å². The van der Waals surface area contributed by atoms with E-state index in [1.165, 1.54) is 50.0 Å². The van der Waals surface area contributed by atoms with Gasteiger partial charge in [0.25, 0.3) is 0 Å². The van der Waals surface area contributed by atoms with Gasteiger partial charge >= 0.3 is 0 Å². The summed E-state index contributed by atoms with van der Waals surface area (Å²) in [5, 5.41) is 3.73. The molecule has 2 heterocycles. The van der Waals surface area contributed by atoms with E-state index in [1.807, 2.05) is 0 Å². The second-order valence-electron chi connectivity index (χ2n) is 7.07. The lowest BCUT2D eigenvalue weighted by Gasteiger charge is -2.38. The van der Waals surface area contributed by atoms with Crippen LogP contribution in [0.25, 0.3) is 0 Å². The number of nitrogens with one attached hydrogen (secondary N) is 1. The molecule has 2 nitrogen and oxygen atoms in total. The molecule has 1 spiro atoms. The third-order valence-corrected chi connectivity index (χ3v) is 6.23. The molecule has 118 valence electrons. The normalized spacial score (nSPS) is 32.1. The summed E-state index contributed by atoms with van der Waals surface area (Å²) >= 11 is 2.08. The molecule has 0 amide bonds. The molecule has 0 aromatic heterocycles. The lowest BCUT2D eigenvalue weighted by atomic mass is 9.81. The Morgan fingerprint density at radius 2 is 2.25 bits per heavy atom. The first-order chi connectivity index (χ1) is 9.65. The number of rotatable bonds is 7. The Morgan fingerprint density at radius 1 is 1.40 bits per heavy atom. The molecule has 3 atom stereocenters. The first-order valence-corrected chi connectivity index (χ1v) is 9.76. The molecule has 0 aromatic carbocycles. The summed E-state index contributed by atoms with van der Waals surface area (Å²) in [6, 6.07) is 0.701. The fourth-order valence-corrected chi connectivity index (χ4v) is 5.03. The van der Waals surface area contributed by atoms with Crippen LogP contribution in [0.3, 0.4) is 0 Å². The van der Waals surface area contributed by atoms with Crippen molar-refractivity contribution < 1.29 is 4.74 Å². The lowest BCUT2D eigenvalue weighted by molar-refractivity contribution is -0.0811. The van der Waals surface area contributed by atoms with Gasteiger partial charge in [-0.1, -0.05) is 20.8 Å². The smallest absolute Gasteiger partial charge is 0.0783 e. The van der Waals surface area contributed by atoms with Crippen molar-refractivity contribution in [3.05, 3.63) is 0 Å². The van der Waals surface area contributed by atoms with E-state index < -0.39 is 0 Å². The van der Waals surface area contributed by atoms with Crippen LogP contribution in [0.5, 0.6) is 0 Å². The molecule has 3 unspecified atom stereocenters. The average molecular weight is 300 g/mol. The van der Waals surface area contributed by atoms with E-state index in [0.717, 1.165) is 25.0 Å². The van der Waals surface area contributed by atoms with Crippen molar-refractivity contribution >= 4 is 11.8 Å². The first kappa shape index (κ1) is 16.6. The fourth-order valence-electron chi connectivity index (χ4n) is 3.66. The summed E-state index contributed by atoms with van der Waals surface area (Å²) in [5.74, 6) is 4.19. The Morgan fingerprint density at radius 3 is 2.90 bits per heavy atom. The van der Waals surface area contributed by atoms with E-state index in [2.05, 4.69) is 37.8 Å². The van der Waals surface area contributed by atoms with E-state index in [9.17, 15) is 0 Å². The van der Waals surface area contributed by atoms with Crippen molar-refractivity contribution in [2.24, 2.45) is 11.8 Å². The van der Waals surface area contributed by atoms with Gasteiger partial charge in [-0.15, -0.1) is 0 Å². The van der Waals surface area contributed by atoms with Gasteiger partial charge in [0.1, 0.15) is 0 Å². The highest BCUT2D eigenvalue weighted by atomic mass is 32.2. The predicted molar refractivity (Wildman–Crippen MR) is 89.5 cm³/mol. The minimum atomic E-state index is 0.262. The number of ether oxygens (including phenoxy) is 1. The first-order valence-electron chi connectivity index (χ1n) is 8.60. The number of hydrogen-bond donors (Lipinski definition) is 1. The van der Waals surface area contributed by atoms with Crippen LogP contribution in [0.4, 0.5) is 0 Å². The molecule has 3 heteroatoms. The van der Waals surface area contributed by atoms with Gasteiger partial charge in [0.15, 0.2) is 0 Å². The topological polar surface area (TPSA) is 21.3 Å². The van der Waals surface area contributed by atoms with Gasteiger partial charge in [-0.05, 0) is 62.7 Å². The predicted octanol–water partition coefficient (Wildman–Crippen LogP) is 4.09. The lowest BCUT2D eigenvalue weighted by Crippen LogP contribution is -2.41. The van der Waals surface area contributed by atoms with Gasteiger partial charge in [-0.3, -0.25) is 0 Å². The molecule has 2 saturated heterocycles. The van der Waals surface area contributed by atoms with Gasteiger partial charge in [0.2, 0.25) is 0 Å². The Labute approximate surface area is 129 Å². The number of thioether (sulfide) groups is 1. The van der Waals surface area contributed by atoms with Crippen LogP contribution in [0.1, 0.15) is 59.3 Å². The Hall–Kier alpha value is 0.270. The minimum Gasteiger partial charge on any atom is -0.374 e. The highest BCUT2D eigenvalue weighted by Crippen LogP contribution is 2.41. The summed E-state index contributed by atoms with van der Waals surface area (Å²) in [6.07, 6.45) is 7.85. The number of hydrogen-bond acceptors (Lipinski definition) is 3. The zero-order chi connectivity index (χ0) is 14.4. The summed E-state index contributed by atoms with van der Waals surface area (Å²) in [7, 11) is 0. The molecule has 2 aliphatic rings. The zero-order valence-electron chi connectivity index (χ0n) is 13.6. The standard InChI is InChI=1S/C17H33NOS/c1-4-9-18-16(14(2)3)6-5-15-7-10-19-17(12-15)8-11-20-13-17/h14-16,18H,4-13H2,1-3H3. The van der Waals surface area contributed by atoms with Crippen molar-refractivity contribution in [3.8, 4) is 0 Å². The largest absolute Gasteiger partial charge is 0.374 e. The van der Waals surface area contributed by atoms with Gasteiger partial charge < -0.3 is 10.1 Å². The van der Waals surface area contributed by atoms with Crippen LogP contribution in [-0.2, 0) is 4.74 Å². The summed E-state index contributed by atoms with van der Waals surface area (Å²) in [6.45, 7) is 9.13. The van der Waals surface area contributed by atoms with E-state index >= 15 is 0 Å². The van der Waals surface area contributed by atoms with Crippen LogP contribution in [0.2, 0.25) is 0 Å². The molecule has 0 aliphatic carbocycles. The third kappa shape index (κ3) is 4.64. The Bertz CT molecular complexity index is 276. The van der Waals surface area contributed by atoms with E-state index in [-0.39, 0.29) is 5.60 Å². The second kappa shape index (κ2) is 8.05. The molecule has 0 bridgehead atoms. The van der Waals surface area contributed by atoms with Crippen molar-refractivity contribution in [2.45, 2.75) is 70.9 Å². The molecule has 0 saturated carbocycles. The molecule has 0 radical (unpaired) electrons.